The molecule has 0 aliphatic heterocycles. The van der Waals surface area contributed by atoms with Crippen LogP contribution in [0.2, 0.25) is 0 Å². The highest BCUT2D eigenvalue weighted by atomic mass is 16.5. The van der Waals surface area contributed by atoms with E-state index < -0.39 is 12.1 Å². The normalized spacial score (nSPS) is 11.9. The summed E-state index contributed by atoms with van der Waals surface area (Å²) in [6.07, 6.45) is 0.0527. The summed E-state index contributed by atoms with van der Waals surface area (Å²) in [6.45, 7) is 4.03. The SMILES string of the molecule is CCOC(=O)c1cc(N)ccc1OCCC(C)O. The molecule has 0 heterocycles. The zero-order valence-corrected chi connectivity index (χ0v) is 10.7. The molecule has 0 radical (unpaired) electrons. The largest absolute Gasteiger partial charge is 0.493 e. The second kappa shape index (κ2) is 6.86. The van der Waals surface area contributed by atoms with E-state index in [0.29, 0.717) is 36.6 Å². The van der Waals surface area contributed by atoms with Crippen LogP contribution < -0.4 is 10.5 Å². The molecule has 0 aromatic heterocycles. The number of ether oxygens (including phenoxy) is 2. The van der Waals surface area contributed by atoms with Crippen molar-refractivity contribution < 1.29 is 19.4 Å². The predicted octanol–water partition coefficient (Wildman–Crippen LogP) is 1.60. The van der Waals surface area contributed by atoms with E-state index in [9.17, 15) is 4.79 Å². The molecule has 5 nitrogen and oxygen atoms in total. The molecule has 0 bridgehead atoms. The quantitative estimate of drug-likeness (QED) is 0.594. The van der Waals surface area contributed by atoms with Crippen LogP contribution in [0.25, 0.3) is 0 Å². The maximum atomic E-state index is 11.7. The van der Waals surface area contributed by atoms with Gasteiger partial charge in [0.05, 0.1) is 19.3 Å². The third-order valence-electron chi connectivity index (χ3n) is 2.29. The number of carbonyl (C=O) groups is 1. The molecule has 1 unspecified atom stereocenters. The molecule has 1 aromatic carbocycles. The van der Waals surface area contributed by atoms with Crippen molar-refractivity contribution in [1.82, 2.24) is 0 Å². The molecule has 0 spiro atoms. The van der Waals surface area contributed by atoms with E-state index >= 15 is 0 Å². The summed E-state index contributed by atoms with van der Waals surface area (Å²) >= 11 is 0. The van der Waals surface area contributed by atoms with Crippen molar-refractivity contribution in [2.24, 2.45) is 0 Å². The van der Waals surface area contributed by atoms with Crippen molar-refractivity contribution in [2.45, 2.75) is 26.4 Å². The maximum absolute atomic E-state index is 11.7. The lowest BCUT2D eigenvalue weighted by atomic mass is 10.2. The number of aliphatic hydroxyl groups is 1. The van der Waals surface area contributed by atoms with Gasteiger partial charge in [0.15, 0.2) is 0 Å². The third kappa shape index (κ3) is 4.25. The maximum Gasteiger partial charge on any atom is 0.341 e. The Labute approximate surface area is 107 Å². The molecule has 0 aliphatic carbocycles. The Kier molecular flexibility index (Phi) is 5.45. The molecule has 3 N–H and O–H groups in total. The molecule has 0 saturated carbocycles. The molecule has 0 aliphatic rings. The first kappa shape index (κ1) is 14.3. The second-order valence-electron chi connectivity index (χ2n) is 3.96. The van der Waals surface area contributed by atoms with E-state index in [2.05, 4.69) is 0 Å². The summed E-state index contributed by atoms with van der Waals surface area (Å²) in [4.78, 5) is 11.7. The molecule has 100 valence electrons. The summed E-state index contributed by atoms with van der Waals surface area (Å²) in [5, 5.41) is 9.15. The van der Waals surface area contributed by atoms with Crippen LogP contribution in [0.1, 0.15) is 30.6 Å². The molecule has 5 heteroatoms. The fourth-order valence-electron chi connectivity index (χ4n) is 1.38. The first-order valence-electron chi connectivity index (χ1n) is 5.92. The highest BCUT2D eigenvalue weighted by Crippen LogP contribution is 2.22. The fraction of sp³-hybridized carbons (Fsp3) is 0.462. The zero-order valence-electron chi connectivity index (χ0n) is 10.7. The van der Waals surface area contributed by atoms with E-state index in [0.717, 1.165) is 0 Å². The van der Waals surface area contributed by atoms with Crippen LogP contribution in [0.15, 0.2) is 18.2 Å². The van der Waals surface area contributed by atoms with Crippen LogP contribution in [0.3, 0.4) is 0 Å². The summed E-state index contributed by atoms with van der Waals surface area (Å²) in [7, 11) is 0. The predicted molar refractivity (Wildman–Crippen MR) is 68.6 cm³/mol. The zero-order chi connectivity index (χ0) is 13.5. The number of benzene rings is 1. The number of hydrogen-bond donors (Lipinski definition) is 2. The van der Waals surface area contributed by atoms with Crippen LogP contribution in [0.4, 0.5) is 5.69 Å². The highest BCUT2D eigenvalue weighted by Gasteiger charge is 2.14. The van der Waals surface area contributed by atoms with Crippen LogP contribution in [0.5, 0.6) is 5.75 Å². The summed E-state index contributed by atoms with van der Waals surface area (Å²) in [6, 6.07) is 4.81. The van der Waals surface area contributed by atoms with Gasteiger partial charge in [-0.25, -0.2) is 4.79 Å². The third-order valence-corrected chi connectivity index (χ3v) is 2.29. The van der Waals surface area contributed by atoms with E-state index in [-0.39, 0.29) is 0 Å². The topological polar surface area (TPSA) is 81.8 Å². The number of esters is 1. The Morgan fingerprint density at radius 3 is 2.83 bits per heavy atom. The van der Waals surface area contributed by atoms with Gasteiger partial charge in [0.2, 0.25) is 0 Å². The molecular formula is C13H19NO4. The van der Waals surface area contributed by atoms with Crippen LogP contribution in [-0.2, 0) is 4.74 Å². The number of rotatable bonds is 6. The Bertz CT molecular complexity index is 404. The minimum Gasteiger partial charge on any atom is -0.493 e. The average molecular weight is 253 g/mol. The monoisotopic (exact) mass is 253 g/mol. The molecule has 0 saturated heterocycles. The number of aliphatic hydroxyl groups excluding tert-OH is 1. The van der Waals surface area contributed by atoms with E-state index in [4.69, 9.17) is 20.3 Å². The summed E-state index contributed by atoms with van der Waals surface area (Å²) < 4.78 is 10.4. The molecule has 1 atom stereocenters. The van der Waals surface area contributed by atoms with Crippen LogP contribution in [0, 0.1) is 0 Å². The standard InChI is InChI=1S/C13H19NO4/c1-3-17-13(16)11-8-10(14)4-5-12(11)18-7-6-9(2)15/h4-5,8-9,15H,3,6-7,14H2,1-2H3. The van der Waals surface area contributed by atoms with Crippen molar-refractivity contribution >= 4 is 11.7 Å². The van der Waals surface area contributed by atoms with Gasteiger partial charge in [-0.05, 0) is 32.0 Å². The lowest BCUT2D eigenvalue weighted by Gasteiger charge is -2.12. The first-order chi connectivity index (χ1) is 8.54. The van der Waals surface area contributed by atoms with Gasteiger partial charge >= 0.3 is 5.97 Å². The van der Waals surface area contributed by atoms with Crippen molar-refractivity contribution in [2.75, 3.05) is 18.9 Å². The van der Waals surface area contributed by atoms with Gasteiger partial charge in [0, 0.05) is 12.1 Å². The van der Waals surface area contributed by atoms with Gasteiger partial charge in [-0.15, -0.1) is 0 Å². The van der Waals surface area contributed by atoms with Crippen molar-refractivity contribution in [3.05, 3.63) is 23.8 Å². The van der Waals surface area contributed by atoms with E-state index in [1.807, 2.05) is 0 Å². The lowest BCUT2D eigenvalue weighted by Crippen LogP contribution is -2.11. The number of nitrogen functional groups attached to an aromatic ring is 1. The number of carbonyl (C=O) groups excluding carboxylic acids is 1. The van der Waals surface area contributed by atoms with Crippen molar-refractivity contribution in [1.29, 1.82) is 0 Å². The summed E-state index contributed by atoms with van der Waals surface area (Å²) in [5.41, 5.74) is 6.42. The highest BCUT2D eigenvalue weighted by molar-refractivity contribution is 5.93. The van der Waals surface area contributed by atoms with Gasteiger partial charge < -0.3 is 20.3 Å². The number of anilines is 1. The molecular weight excluding hydrogens is 234 g/mol. The average Bonchev–Trinajstić information content (AvgIpc) is 2.31. The van der Waals surface area contributed by atoms with Crippen LogP contribution in [-0.4, -0.2) is 30.4 Å². The summed E-state index contributed by atoms with van der Waals surface area (Å²) in [5.74, 6) is -0.0415. The van der Waals surface area contributed by atoms with Crippen molar-refractivity contribution in [3.8, 4) is 5.75 Å². The molecule has 0 amide bonds. The van der Waals surface area contributed by atoms with E-state index in [1.54, 1.807) is 26.0 Å². The molecule has 0 fully saturated rings. The van der Waals surface area contributed by atoms with Gasteiger partial charge in [-0.1, -0.05) is 0 Å². The number of nitrogens with two attached hydrogens (primary N) is 1. The smallest absolute Gasteiger partial charge is 0.341 e. The minimum atomic E-state index is -0.461. The molecule has 1 rings (SSSR count). The second-order valence-corrected chi connectivity index (χ2v) is 3.96. The Hall–Kier alpha value is -1.75. The van der Waals surface area contributed by atoms with Crippen LogP contribution >= 0.6 is 0 Å². The van der Waals surface area contributed by atoms with Gasteiger partial charge in [0.25, 0.3) is 0 Å². The van der Waals surface area contributed by atoms with Gasteiger partial charge in [-0.2, -0.15) is 0 Å². The fourth-order valence-corrected chi connectivity index (χ4v) is 1.38. The molecule has 1 aromatic rings. The van der Waals surface area contributed by atoms with E-state index in [1.165, 1.54) is 6.07 Å². The lowest BCUT2D eigenvalue weighted by molar-refractivity contribution is 0.0521. The van der Waals surface area contributed by atoms with Gasteiger partial charge in [0.1, 0.15) is 11.3 Å². The van der Waals surface area contributed by atoms with Crippen molar-refractivity contribution in [3.63, 3.8) is 0 Å². The Morgan fingerprint density at radius 2 is 2.22 bits per heavy atom. The number of hydrogen-bond acceptors (Lipinski definition) is 5. The molecule has 18 heavy (non-hydrogen) atoms. The van der Waals surface area contributed by atoms with Gasteiger partial charge in [-0.3, -0.25) is 0 Å². The Morgan fingerprint density at radius 1 is 1.50 bits per heavy atom. The minimum absolute atomic E-state index is 0.292. The Balaban J connectivity index is 2.79. The first-order valence-corrected chi connectivity index (χ1v) is 5.92.